The molecule has 5 heteroatoms. The molecule has 0 spiro atoms. The van der Waals surface area contributed by atoms with Crippen LogP contribution < -0.4 is 0 Å². The number of ketones is 1. The van der Waals surface area contributed by atoms with Gasteiger partial charge in [-0.2, -0.15) is 11.8 Å². The first-order chi connectivity index (χ1) is 6.99. The molecular weight excluding hydrogens is 210 g/mol. The molecule has 0 rings (SSSR count). The molecule has 4 nitrogen and oxygen atoms in total. The molecule has 0 aliphatic carbocycles. The third-order valence-corrected chi connectivity index (χ3v) is 3.07. The van der Waals surface area contributed by atoms with Gasteiger partial charge < -0.3 is 0 Å². The number of hydrogen-bond donors (Lipinski definition) is 0. The second kappa shape index (κ2) is 7.60. The maximum Gasteiger partial charge on any atom is 0.144 e. The van der Waals surface area contributed by atoms with Crippen molar-refractivity contribution in [1.29, 1.82) is 0 Å². The molecule has 0 fully saturated rings. The van der Waals surface area contributed by atoms with E-state index in [2.05, 4.69) is 23.9 Å². The number of nitrogens with zero attached hydrogens (tertiary/aromatic N) is 3. The lowest BCUT2D eigenvalue weighted by Gasteiger charge is -2.12. The molecular formula is C10H19N3OS. The van der Waals surface area contributed by atoms with Gasteiger partial charge in [0.1, 0.15) is 5.78 Å². The van der Waals surface area contributed by atoms with Gasteiger partial charge in [-0.25, -0.2) is 0 Å². The standard InChI is InChI=1S/C10H19N3OS/c1-7(2)10(14)9(12-13-11)5-6-15-8(3)4/h7-9H,5-6H2,1-4H3. The zero-order valence-corrected chi connectivity index (χ0v) is 10.6. The average molecular weight is 229 g/mol. The molecule has 0 aliphatic rings. The maximum atomic E-state index is 11.6. The molecule has 0 saturated heterocycles. The normalized spacial score (nSPS) is 12.7. The SMILES string of the molecule is CC(C)SCCC(N=[N+]=[N-])C(=O)C(C)C. The third-order valence-electron chi connectivity index (χ3n) is 1.93. The molecule has 0 bridgehead atoms. The summed E-state index contributed by atoms with van der Waals surface area (Å²) in [6.07, 6.45) is 0.643. The van der Waals surface area contributed by atoms with Crippen molar-refractivity contribution in [2.45, 2.75) is 45.4 Å². The number of azide groups is 1. The van der Waals surface area contributed by atoms with Gasteiger partial charge in [0.25, 0.3) is 0 Å². The van der Waals surface area contributed by atoms with Gasteiger partial charge in [-0.3, -0.25) is 4.79 Å². The molecule has 86 valence electrons. The molecule has 0 aromatic heterocycles. The molecule has 0 aromatic carbocycles. The fraction of sp³-hybridized carbons (Fsp3) is 0.900. The van der Waals surface area contributed by atoms with Gasteiger partial charge in [-0.05, 0) is 23.0 Å². The molecule has 0 amide bonds. The second-order valence-electron chi connectivity index (χ2n) is 3.99. The molecule has 0 radical (unpaired) electrons. The van der Waals surface area contributed by atoms with Crippen molar-refractivity contribution in [3.63, 3.8) is 0 Å². The van der Waals surface area contributed by atoms with Crippen LogP contribution >= 0.6 is 11.8 Å². The van der Waals surface area contributed by atoms with Crippen LogP contribution in [0.5, 0.6) is 0 Å². The van der Waals surface area contributed by atoms with Gasteiger partial charge in [0.05, 0.1) is 6.04 Å². The van der Waals surface area contributed by atoms with Crippen LogP contribution in [0.15, 0.2) is 5.11 Å². The van der Waals surface area contributed by atoms with Crippen LogP contribution in [0.1, 0.15) is 34.1 Å². The summed E-state index contributed by atoms with van der Waals surface area (Å²) < 4.78 is 0. The van der Waals surface area contributed by atoms with Crippen LogP contribution in [-0.2, 0) is 4.79 Å². The van der Waals surface area contributed by atoms with Crippen LogP contribution in [0.4, 0.5) is 0 Å². The van der Waals surface area contributed by atoms with E-state index in [4.69, 9.17) is 5.53 Å². The molecule has 0 aromatic rings. The van der Waals surface area contributed by atoms with E-state index in [1.165, 1.54) is 0 Å². The predicted molar refractivity (Wildman–Crippen MR) is 65.0 cm³/mol. The van der Waals surface area contributed by atoms with Crippen molar-refractivity contribution in [2.24, 2.45) is 11.0 Å². The summed E-state index contributed by atoms with van der Waals surface area (Å²) in [5.41, 5.74) is 8.38. The Labute approximate surface area is 95.4 Å². The van der Waals surface area contributed by atoms with E-state index in [1.807, 2.05) is 13.8 Å². The van der Waals surface area contributed by atoms with Crippen molar-refractivity contribution in [3.8, 4) is 0 Å². The van der Waals surface area contributed by atoms with E-state index in [1.54, 1.807) is 11.8 Å². The zero-order chi connectivity index (χ0) is 11.8. The first-order valence-electron chi connectivity index (χ1n) is 5.18. The molecule has 0 N–H and O–H groups in total. The molecule has 0 aliphatic heterocycles. The van der Waals surface area contributed by atoms with E-state index in [0.717, 1.165) is 5.75 Å². The highest BCUT2D eigenvalue weighted by Crippen LogP contribution is 2.15. The maximum absolute atomic E-state index is 11.6. The summed E-state index contributed by atoms with van der Waals surface area (Å²) in [6, 6.07) is -0.485. The summed E-state index contributed by atoms with van der Waals surface area (Å²) in [5.74, 6) is 0.835. The van der Waals surface area contributed by atoms with E-state index >= 15 is 0 Å². The third kappa shape index (κ3) is 6.42. The van der Waals surface area contributed by atoms with Gasteiger partial charge in [0, 0.05) is 10.8 Å². The summed E-state index contributed by atoms with van der Waals surface area (Å²) in [4.78, 5) is 14.4. The van der Waals surface area contributed by atoms with Gasteiger partial charge in [0.2, 0.25) is 0 Å². The summed E-state index contributed by atoms with van der Waals surface area (Å²) in [5, 5.41) is 4.11. The van der Waals surface area contributed by atoms with Crippen molar-refractivity contribution in [1.82, 2.24) is 0 Å². The van der Waals surface area contributed by atoms with Gasteiger partial charge in [-0.15, -0.1) is 0 Å². The Bertz CT molecular complexity index is 247. The molecule has 0 heterocycles. The van der Waals surface area contributed by atoms with Crippen molar-refractivity contribution in [3.05, 3.63) is 10.4 Å². The van der Waals surface area contributed by atoms with Crippen molar-refractivity contribution < 1.29 is 4.79 Å². The second-order valence-corrected chi connectivity index (χ2v) is 5.67. The van der Waals surface area contributed by atoms with E-state index in [9.17, 15) is 4.79 Å². The number of hydrogen-bond acceptors (Lipinski definition) is 3. The monoisotopic (exact) mass is 229 g/mol. The Hall–Kier alpha value is -0.670. The largest absolute Gasteiger partial charge is 0.299 e. The fourth-order valence-electron chi connectivity index (χ4n) is 1.12. The predicted octanol–water partition coefficient (Wildman–Crippen LogP) is 3.42. The molecule has 0 saturated carbocycles. The molecule has 1 atom stereocenters. The smallest absolute Gasteiger partial charge is 0.144 e. The quantitative estimate of drug-likeness (QED) is 0.381. The number of thioether (sulfide) groups is 1. The Balaban J connectivity index is 4.17. The average Bonchev–Trinajstić information content (AvgIpc) is 2.14. The van der Waals surface area contributed by atoms with Crippen LogP contribution in [-0.4, -0.2) is 22.8 Å². The van der Waals surface area contributed by atoms with Crippen LogP contribution in [0.3, 0.4) is 0 Å². The zero-order valence-electron chi connectivity index (χ0n) is 9.80. The Morgan fingerprint density at radius 1 is 1.40 bits per heavy atom. The summed E-state index contributed by atoms with van der Waals surface area (Å²) in [6.45, 7) is 7.88. The number of carbonyl (C=O) groups excluding carboxylic acids is 1. The Morgan fingerprint density at radius 2 is 2.00 bits per heavy atom. The molecule has 1 unspecified atom stereocenters. The highest BCUT2D eigenvalue weighted by atomic mass is 32.2. The number of carbonyl (C=O) groups is 1. The van der Waals surface area contributed by atoms with E-state index in [0.29, 0.717) is 11.7 Å². The highest BCUT2D eigenvalue weighted by molar-refractivity contribution is 7.99. The minimum atomic E-state index is -0.485. The van der Waals surface area contributed by atoms with Crippen molar-refractivity contribution >= 4 is 17.5 Å². The van der Waals surface area contributed by atoms with Crippen LogP contribution in [0.25, 0.3) is 10.4 Å². The van der Waals surface area contributed by atoms with E-state index in [-0.39, 0.29) is 11.7 Å². The summed E-state index contributed by atoms with van der Waals surface area (Å²) >= 11 is 1.78. The lowest BCUT2D eigenvalue weighted by Crippen LogP contribution is -2.23. The highest BCUT2D eigenvalue weighted by Gasteiger charge is 2.19. The summed E-state index contributed by atoms with van der Waals surface area (Å²) in [7, 11) is 0. The van der Waals surface area contributed by atoms with Gasteiger partial charge in [0.15, 0.2) is 0 Å². The fourth-order valence-corrected chi connectivity index (χ4v) is 1.95. The lowest BCUT2D eigenvalue weighted by atomic mass is 10.0. The van der Waals surface area contributed by atoms with Gasteiger partial charge >= 0.3 is 0 Å². The minimum absolute atomic E-state index is 0.0390. The number of Topliss-reactive ketones (excluding diaryl/α,β-unsaturated/α-hetero) is 1. The van der Waals surface area contributed by atoms with Gasteiger partial charge in [-0.1, -0.05) is 32.8 Å². The molecule has 15 heavy (non-hydrogen) atoms. The lowest BCUT2D eigenvalue weighted by molar-refractivity contribution is -0.123. The van der Waals surface area contributed by atoms with Crippen LogP contribution in [0.2, 0.25) is 0 Å². The minimum Gasteiger partial charge on any atom is -0.299 e. The van der Waals surface area contributed by atoms with Crippen LogP contribution in [0, 0.1) is 5.92 Å². The Morgan fingerprint density at radius 3 is 2.40 bits per heavy atom. The van der Waals surface area contributed by atoms with E-state index < -0.39 is 6.04 Å². The Kier molecular flexibility index (Phi) is 7.26. The number of rotatable bonds is 7. The van der Waals surface area contributed by atoms with Crippen molar-refractivity contribution in [2.75, 3.05) is 5.75 Å². The topological polar surface area (TPSA) is 65.8 Å². The first kappa shape index (κ1) is 14.3. The first-order valence-corrected chi connectivity index (χ1v) is 6.23.